The second-order valence-electron chi connectivity index (χ2n) is 3.92. The van der Waals surface area contributed by atoms with Crippen LogP contribution in [-0.4, -0.2) is 17.9 Å². The molecule has 2 aromatic heterocycles. The van der Waals surface area contributed by atoms with Crippen LogP contribution in [-0.2, 0) is 23.6 Å². The van der Waals surface area contributed by atoms with Crippen molar-refractivity contribution in [1.29, 1.82) is 0 Å². The molecule has 0 saturated heterocycles. The van der Waals surface area contributed by atoms with Crippen molar-refractivity contribution in [3.8, 4) is 0 Å². The van der Waals surface area contributed by atoms with Crippen molar-refractivity contribution in [2.24, 2.45) is 7.05 Å². The van der Waals surface area contributed by atoms with Gasteiger partial charge in [-0.3, -0.25) is 10.1 Å². The van der Waals surface area contributed by atoms with E-state index >= 15 is 0 Å². The van der Waals surface area contributed by atoms with Gasteiger partial charge in [-0.15, -0.1) is 11.3 Å². The number of nitro groups is 1. The zero-order valence-corrected chi connectivity index (χ0v) is 12.6. The molecule has 0 unspecified atom stereocenters. The minimum Gasteiger partial charge on any atom is -0.353 e. The van der Waals surface area contributed by atoms with E-state index in [0.717, 1.165) is 11.8 Å². The summed E-state index contributed by atoms with van der Waals surface area (Å²) in [7, 11) is -2.03. The molecule has 0 spiro atoms. The molecule has 2 heterocycles. The summed E-state index contributed by atoms with van der Waals surface area (Å²) in [5, 5.41) is 10.7. The van der Waals surface area contributed by atoms with E-state index < -0.39 is 20.6 Å². The maximum atomic E-state index is 12.0. The highest BCUT2D eigenvalue weighted by molar-refractivity contribution is 7.91. The Morgan fingerprint density at radius 2 is 2.25 bits per heavy atom. The van der Waals surface area contributed by atoms with Crippen molar-refractivity contribution in [3.05, 3.63) is 44.5 Å². The van der Waals surface area contributed by atoms with Gasteiger partial charge >= 0.3 is 0 Å². The number of nitrogens with one attached hydrogen (secondary N) is 1. The predicted octanol–water partition coefficient (Wildman–Crippen LogP) is 2.13. The minimum absolute atomic E-state index is 0.0924. The van der Waals surface area contributed by atoms with E-state index in [1.165, 1.54) is 0 Å². The van der Waals surface area contributed by atoms with Crippen LogP contribution in [0.5, 0.6) is 0 Å². The molecule has 20 heavy (non-hydrogen) atoms. The third-order valence-electron chi connectivity index (χ3n) is 2.60. The zero-order valence-electron chi connectivity index (χ0n) is 10.2. The standard InChI is InChI=1S/C10H10ClN3O4S2/c1-13-4-2-3-7(13)6-12-20(17,18)9-5-8(14(15)16)10(11)19-9/h2-5,12H,6H2,1H3. The number of thiophene rings is 1. The van der Waals surface area contributed by atoms with E-state index in [2.05, 4.69) is 4.72 Å². The van der Waals surface area contributed by atoms with Gasteiger partial charge in [-0.25, -0.2) is 13.1 Å². The normalized spacial score (nSPS) is 11.7. The molecule has 1 N–H and O–H groups in total. The average molecular weight is 336 g/mol. The Balaban J connectivity index is 2.20. The number of nitrogens with zero attached hydrogens (tertiary/aromatic N) is 2. The molecule has 0 amide bonds. The molecular formula is C10H10ClN3O4S2. The number of rotatable bonds is 5. The van der Waals surface area contributed by atoms with Crippen LogP contribution in [0, 0.1) is 10.1 Å². The molecule has 0 aliphatic carbocycles. The van der Waals surface area contributed by atoms with Crippen LogP contribution in [0.1, 0.15) is 5.69 Å². The van der Waals surface area contributed by atoms with Gasteiger partial charge in [-0.05, 0) is 12.1 Å². The lowest BCUT2D eigenvalue weighted by Crippen LogP contribution is -2.23. The highest BCUT2D eigenvalue weighted by atomic mass is 35.5. The predicted molar refractivity (Wildman–Crippen MR) is 75.4 cm³/mol. The van der Waals surface area contributed by atoms with E-state index in [-0.39, 0.29) is 15.1 Å². The molecule has 0 aliphatic rings. The first-order chi connectivity index (χ1) is 9.31. The lowest BCUT2D eigenvalue weighted by Gasteiger charge is -2.05. The number of aromatic nitrogens is 1. The SMILES string of the molecule is Cn1cccc1CNS(=O)(=O)c1cc([N+](=O)[O-])c(Cl)s1. The largest absolute Gasteiger partial charge is 0.353 e. The van der Waals surface area contributed by atoms with Crippen molar-refractivity contribution >= 4 is 38.6 Å². The van der Waals surface area contributed by atoms with Crippen LogP contribution in [0.25, 0.3) is 0 Å². The van der Waals surface area contributed by atoms with E-state index in [1.54, 1.807) is 29.9 Å². The summed E-state index contributed by atoms with van der Waals surface area (Å²) in [6.45, 7) is 0.0924. The molecule has 2 aromatic rings. The Morgan fingerprint density at radius 1 is 1.55 bits per heavy atom. The Morgan fingerprint density at radius 3 is 2.75 bits per heavy atom. The van der Waals surface area contributed by atoms with Gasteiger partial charge in [-0.1, -0.05) is 11.6 Å². The van der Waals surface area contributed by atoms with Crippen molar-refractivity contribution in [3.63, 3.8) is 0 Å². The number of aryl methyl sites for hydroxylation is 1. The third kappa shape index (κ3) is 3.01. The molecule has 0 radical (unpaired) electrons. The molecule has 0 bridgehead atoms. The van der Waals surface area contributed by atoms with E-state index in [1.807, 2.05) is 0 Å². The van der Waals surface area contributed by atoms with Crippen LogP contribution in [0.15, 0.2) is 28.6 Å². The zero-order chi connectivity index (χ0) is 14.9. The van der Waals surface area contributed by atoms with Crippen molar-refractivity contribution in [2.45, 2.75) is 10.8 Å². The minimum atomic E-state index is -3.82. The molecular weight excluding hydrogens is 326 g/mol. The van der Waals surface area contributed by atoms with Crippen LogP contribution < -0.4 is 4.72 Å². The van der Waals surface area contributed by atoms with Gasteiger partial charge in [0.15, 0.2) is 4.34 Å². The maximum absolute atomic E-state index is 12.0. The van der Waals surface area contributed by atoms with Gasteiger partial charge in [0.05, 0.1) is 11.5 Å². The Hall–Kier alpha value is -1.42. The summed E-state index contributed by atoms with van der Waals surface area (Å²) in [6, 6.07) is 4.52. The van der Waals surface area contributed by atoms with E-state index in [0.29, 0.717) is 11.3 Å². The molecule has 0 aliphatic heterocycles. The lowest BCUT2D eigenvalue weighted by molar-refractivity contribution is -0.384. The van der Waals surface area contributed by atoms with Crippen LogP contribution in [0.2, 0.25) is 4.34 Å². The topological polar surface area (TPSA) is 94.2 Å². The van der Waals surface area contributed by atoms with Gasteiger partial charge in [-0.2, -0.15) is 0 Å². The number of hydrogen-bond donors (Lipinski definition) is 1. The highest BCUT2D eigenvalue weighted by Gasteiger charge is 2.25. The van der Waals surface area contributed by atoms with Crippen molar-refractivity contribution < 1.29 is 13.3 Å². The Labute approximate surface area is 124 Å². The van der Waals surface area contributed by atoms with Crippen molar-refractivity contribution in [2.75, 3.05) is 0 Å². The Kier molecular flexibility index (Phi) is 4.14. The fourth-order valence-electron chi connectivity index (χ4n) is 1.52. The first-order valence-electron chi connectivity index (χ1n) is 5.35. The highest BCUT2D eigenvalue weighted by Crippen LogP contribution is 2.36. The van der Waals surface area contributed by atoms with Gasteiger partial charge in [0.1, 0.15) is 4.21 Å². The molecule has 0 atom stereocenters. The first-order valence-corrected chi connectivity index (χ1v) is 8.02. The maximum Gasteiger partial charge on any atom is 0.300 e. The summed E-state index contributed by atoms with van der Waals surface area (Å²) in [5.74, 6) is 0. The average Bonchev–Trinajstić information content (AvgIpc) is 2.93. The number of sulfonamides is 1. The summed E-state index contributed by atoms with van der Waals surface area (Å²) >= 11 is 6.31. The quantitative estimate of drug-likeness (QED) is 0.669. The van der Waals surface area contributed by atoms with Gasteiger partial charge in [0, 0.05) is 25.0 Å². The Bertz CT molecular complexity index is 750. The second-order valence-corrected chi connectivity index (χ2v) is 7.56. The van der Waals surface area contributed by atoms with Gasteiger partial charge in [0.25, 0.3) is 15.7 Å². The van der Waals surface area contributed by atoms with Crippen LogP contribution in [0.4, 0.5) is 5.69 Å². The first kappa shape index (κ1) is 15.0. The van der Waals surface area contributed by atoms with Crippen LogP contribution in [0.3, 0.4) is 0 Å². The van der Waals surface area contributed by atoms with Crippen LogP contribution >= 0.6 is 22.9 Å². The van der Waals surface area contributed by atoms with Crippen molar-refractivity contribution in [1.82, 2.24) is 9.29 Å². The fourth-order valence-corrected chi connectivity index (χ4v) is 4.22. The smallest absolute Gasteiger partial charge is 0.300 e. The summed E-state index contributed by atoms with van der Waals surface area (Å²) in [6.07, 6.45) is 1.79. The van der Waals surface area contributed by atoms with Gasteiger partial charge in [0.2, 0.25) is 0 Å². The van der Waals surface area contributed by atoms with E-state index in [9.17, 15) is 18.5 Å². The molecule has 2 rings (SSSR count). The molecule has 7 nitrogen and oxygen atoms in total. The molecule has 10 heteroatoms. The summed E-state index contributed by atoms with van der Waals surface area (Å²) < 4.78 is 27.9. The second kappa shape index (κ2) is 5.52. The molecule has 0 aromatic carbocycles. The summed E-state index contributed by atoms with van der Waals surface area (Å²) in [5.41, 5.74) is 0.363. The van der Waals surface area contributed by atoms with E-state index in [4.69, 9.17) is 11.6 Å². The molecule has 0 fully saturated rings. The lowest BCUT2D eigenvalue weighted by atomic mass is 10.4. The molecule has 108 valence electrons. The molecule has 0 saturated carbocycles. The summed E-state index contributed by atoms with van der Waals surface area (Å²) in [4.78, 5) is 9.95. The number of hydrogen-bond acceptors (Lipinski definition) is 5. The van der Waals surface area contributed by atoms with Gasteiger partial charge < -0.3 is 4.57 Å². The monoisotopic (exact) mass is 335 g/mol. The fraction of sp³-hybridized carbons (Fsp3) is 0.200. The number of halogens is 1. The third-order valence-corrected chi connectivity index (χ3v) is 5.81.